The summed E-state index contributed by atoms with van der Waals surface area (Å²) in [4.78, 5) is 3.85. The highest BCUT2D eigenvalue weighted by atomic mass is 79.9. The smallest absolute Gasteiger partial charge is 0.413 e. The minimum absolute atomic E-state index is 0.0296. The van der Waals surface area contributed by atoms with Crippen LogP contribution in [0.15, 0.2) is 16.7 Å². The fourth-order valence-corrected chi connectivity index (χ4v) is 2.78. The Morgan fingerprint density at radius 1 is 1.41 bits per heavy atom. The number of methoxy groups -OCH3 is 1. The molecule has 0 fully saturated rings. The van der Waals surface area contributed by atoms with Gasteiger partial charge in [0.2, 0.25) is 0 Å². The third-order valence-corrected chi connectivity index (χ3v) is 4.65. The molecule has 2 atom stereocenters. The van der Waals surface area contributed by atoms with Crippen molar-refractivity contribution >= 4 is 27.3 Å². The summed E-state index contributed by atoms with van der Waals surface area (Å²) < 4.78 is 59.0. The lowest BCUT2D eigenvalue weighted by Crippen LogP contribution is -2.46. The van der Waals surface area contributed by atoms with Gasteiger partial charge in [-0.05, 0) is 42.8 Å². The van der Waals surface area contributed by atoms with E-state index in [0.717, 1.165) is 0 Å². The summed E-state index contributed by atoms with van der Waals surface area (Å²) in [6.07, 6.45) is -3.36. The second-order valence-electron chi connectivity index (χ2n) is 5.60. The fraction of sp³-hybridized carbons (Fsp3) is 0.615. The van der Waals surface area contributed by atoms with E-state index in [2.05, 4.69) is 25.6 Å². The zero-order chi connectivity index (χ0) is 17.1. The van der Waals surface area contributed by atoms with E-state index >= 15 is 0 Å². The van der Waals surface area contributed by atoms with Gasteiger partial charge in [-0.3, -0.25) is 4.98 Å². The highest BCUT2D eigenvalue weighted by Gasteiger charge is 2.47. The number of nitrogens with one attached hydrogen (secondary N) is 1. The van der Waals surface area contributed by atoms with Crippen molar-refractivity contribution in [2.24, 2.45) is 0 Å². The molecule has 0 aliphatic carbocycles. The summed E-state index contributed by atoms with van der Waals surface area (Å²) in [7, 11) is 1.38. The van der Waals surface area contributed by atoms with Gasteiger partial charge in [-0.15, -0.1) is 4.72 Å². The van der Waals surface area contributed by atoms with Gasteiger partial charge in [0.05, 0.1) is 12.3 Å². The van der Waals surface area contributed by atoms with Crippen molar-refractivity contribution < 1.29 is 22.5 Å². The number of halogens is 4. The molecule has 0 amide bonds. The minimum Gasteiger partial charge on any atom is -0.598 e. The lowest BCUT2D eigenvalue weighted by molar-refractivity contribution is -0.154. The molecule has 0 saturated heterocycles. The zero-order valence-electron chi connectivity index (χ0n) is 12.6. The van der Waals surface area contributed by atoms with Crippen molar-refractivity contribution in [1.82, 2.24) is 9.71 Å². The van der Waals surface area contributed by atoms with Crippen LogP contribution in [0.25, 0.3) is 0 Å². The third kappa shape index (κ3) is 5.38. The van der Waals surface area contributed by atoms with Crippen LogP contribution in [0.4, 0.5) is 13.2 Å². The van der Waals surface area contributed by atoms with Gasteiger partial charge >= 0.3 is 6.18 Å². The quantitative estimate of drug-likeness (QED) is 0.763. The topological polar surface area (TPSA) is 57.2 Å². The van der Waals surface area contributed by atoms with Crippen LogP contribution in [0.1, 0.15) is 38.1 Å². The number of pyridine rings is 1. The third-order valence-electron chi connectivity index (χ3n) is 2.65. The van der Waals surface area contributed by atoms with Crippen LogP contribution in [-0.2, 0) is 22.7 Å². The van der Waals surface area contributed by atoms with E-state index in [1.807, 2.05) is 0 Å². The largest absolute Gasteiger partial charge is 0.598 e. The Kier molecular flexibility index (Phi) is 6.70. The summed E-state index contributed by atoms with van der Waals surface area (Å²) in [5.74, 6) is 0. The van der Waals surface area contributed by atoms with E-state index < -0.39 is 28.3 Å². The van der Waals surface area contributed by atoms with Crippen LogP contribution >= 0.6 is 15.9 Å². The van der Waals surface area contributed by atoms with Crippen LogP contribution in [0, 0.1) is 0 Å². The first-order valence-electron chi connectivity index (χ1n) is 6.35. The fourth-order valence-electron chi connectivity index (χ4n) is 1.58. The Morgan fingerprint density at radius 3 is 2.45 bits per heavy atom. The average molecular weight is 403 g/mol. The Bertz CT molecular complexity index is 509. The molecule has 4 nitrogen and oxygen atoms in total. The minimum atomic E-state index is -4.63. The summed E-state index contributed by atoms with van der Waals surface area (Å²) in [6, 6.07) is -0.627. The Labute approximate surface area is 139 Å². The predicted octanol–water partition coefficient (Wildman–Crippen LogP) is 3.65. The van der Waals surface area contributed by atoms with Crippen molar-refractivity contribution in [3.8, 4) is 0 Å². The van der Waals surface area contributed by atoms with E-state index in [4.69, 9.17) is 4.74 Å². The van der Waals surface area contributed by atoms with Gasteiger partial charge in [0, 0.05) is 34.7 Å². The van der Waals surface area contributed by atoms with E-state index in [0.29, 0.717) is 4.47 Å². The Balaban J connectivity index is 3.24. The molecule has 0 saturated carbocycles. The maximum Gasteiger partial charge on any atom is 0.413 e. The normalized spacial score (nSPS) is 15.7. The standard InChI is InChI=1S/C13H18BrF3N2O2S/c1-12(2,3)22(20)19-11(13(15,16)17)10-8(7-21-4)5-9(14)6-18-10/h5-6,11,19H,7H2,1-4H3/t11-,22-/m1/s1. The molecule has 0 bridgehead atoms. The van der Waals surface area contributed by atoms with E-state index in [-0.39, 0.29) is 17.9 Å². The number of aromatic nitrogens is 1. The van der Waals surface area contributed by atoms with Crippen molar-refractivity contribution in [1.29, 1.82) is 0 Å². The molecule has 0 aliphatic heterocycles. The second-order valence-corrected chi connectivity index (χ2v) is 8.52. The van der Waals surface area contributed by atoms with E-state index in [1.165, 1.54) is 19.4 Å². The van der Waals surface area contributed by atoms with Gasteiger partial charge in [0.1, 0.15) is 4.75 Å². The lowest BCUT2D eigenvalue weighted by atomic mass is 10.1. The summed E-state index contributed by atoms with van der Waals surface area (Å²) >= 11 is 1.27. The molecule has 126 valence electrons. The number of rotatable bonds is 5. The summed E-state index contributed by atoms with van der Waals surface area (Å²) in [6.45, 7) is 4.75. The molecule has 0 aromatic carbocycles. The zero-order valence-corrected chi connectivity index (χ0v) is 15.0. The maximum atomic E-state index is 13.4. The Hall–Kier alpha value is -0.350. The molecule has 1 aromatic rings. The first kappa shape index (κ1) is 19.7. The number of alkyl halides is 3. The van der Waals surface area contributed by atoms with Crippen LogP contribution < -0.4 is 4.72 Å². The van der Waals surface area contributed by atoms with Crippen molar-refractivity contribution in [3.63, 3.8) is 0 Å². The predicted molar refractivity (Wildman–Crippen MR) is 82.5 cm³/mol. The highest BCUT2D eigenvalue weighted by Crippen LogP contribution is 2.36. The number of nitrogens with zero attached hydrogens (tertiary/aromatic N) is 1. The summed E-state index contributed by atoms with van der Waals surface area (Å²) in [5.41, 5.74) is 0.0350. The molecule has 1 N–H and O–H groups in total. The molecule has 9 heteroatoms. The van der Waals surface area contributed by atoms with Crippen LogP contribution in [0.2, 0.25) is 0 Å². The van der Waals surface area contributed by atoms with Crippen LogP contribution in [-0.4, -0.2) is 27.6 Å². The van der Waals surface area contributed by atoms with Gasteiger partial charge in [-0.2, -0.15) is 13.2 Å². The van der Waals surface area contributed by atoms with Crippen molar-refractivity contribution in [2.75, 3.05) is 7.11 Å². The molecular weight excluding hydrogens is 385 g/mol. The molecule has 0 radical (unpaired) electrons. The van der Waals surface area contributed by atoms with Gasteiger partial charge in [-0.1, -0.05) is 0 Å². The van der Waals surface area contributed by atoms with Crippen molar-refractivity contribution in [2.45, 2.75) is 44.3 Å². The van der Waals surface area contributed by atoms with Gasteiger partial charge in [0.25, 0.3) is 0 Å². The average Bonchev–Trinajstić information content (AvgIpc) is 2.34. The van der Waals surface area contributed by atoms with Crippen LogP contribution in [0.5, 0.6) is 0 Å². The first-order valence-corrected chi connectivity index (χ1v) is 8.29. The molecule has 0 spiro atoms. The van der Waals surface area contributed by atoms with E-state index in [1.54, 1.807) is 20.8 Å². The molecule has 22 heavy (non-hydrogen) atoms. The SMILES string of the molecule is COCc1cc(Br)cnc1[C@@H](N[S@+]([O-])C(C)(C)C)C(F)(F)F. The van der Waals surface area contributed by atoms with Gasteiger partial charge in [-0.25, -0.2) is 0 Å². The maximum absolute atomic E-state index is 13.4. The van der Waals surface area contributed by atoms with Crippen LogP contribution in [0.3, 0.4) is 0 Å². The molecule has 1 aromatic heterocycles. The van der Waals surface area contributed by atoms with Gasteiger partial charge < -0.3 is 9.29 Å². The molecular formula is C13H18BrF3N2O2S. The Morgan fingerprint density at radius 2 is 2.00 bits per heavy atom. The molecule has 0 unspecified atom stereocenters. The molecule has 0 aliphatic rings. The van der Waals surface area contributed by atoms with E-state index in [9.17, 15) is 17.7 Å². The molecule has 1 heterocycles. The monoisotopic (exact) mass is 402 g/mol. The lowest BCUT2D eigenvalue weighted by Gasteiger charge is -2.29. The summed E-state index contributed by atoms with van der Waals surface area (Å²) in [5, 5.41) is 0. The van der Waals surface area contributed by atoms with Gasteiger partial charge in [0.15, 0.2) is 6.04 Å². The molecule has 1 rings (SSSR count). The number of ether oxygens (including phenoxy) is 1. The highest BCUT2D eigenvalue weighted by molar-refractivity contribution is 9.10. The number of hydrogen-bond donors (Lipinski definition) is 1. The van der Waals surface area contributed by atoms with Crippen molar-refractivity contribution in [3.05, 3.63) is 28.0 Å². The second kappa shape index (κ2) is 7.48. The number of hydrogen-bond acceptors (Lipinski definition) is 4. The first-order chi connectivity index (χ1) is 9.96.